The average molecular weight is 344 g/mol. The minimum Gasteiger partial charge on any atom is -0.478 e. The van der Waals surface area contributed by atoms with Gasteiger partial charge in [-0.1, -0.05) is 17.7 Å². The number of carbonyl (C=O) groups is 2. The Balaban J connectivity index is 1.92. The lowest BCUT2D eigenvalue weighted by Gasteiger charge is -2.05. The summed E-state index contributed by atoms with van der Waals surface area (Å²) in [5, 5.41) is 13.3. The lowest BCUT2D eigenvalue weighted by Crippen LogP contribution is -2.12. The van der Waals surface area contributed by atoms with Crippen LogP contribution in [-0.2, 0) is 6.54 Å². The number of aromatic carboxylic acids is 1. The van der Waals surface area contributed by atoms with Crippen LogP contribution in [0.5, 0.6) is 0 Å². The number of carbonyl (C=O) groups excluding carboxylic acids is 1. The van der Waals surface area contributed by atoms with Gasteiger partial charge in [0.15, 0.2) is 0 Å². The molecule has 0 fully saturated rings. The number of nitrogens with one attached hydrogen (secondary N) is 1. The molecule has 0 radical (unpaired) electrons. The van der Waals surface area contributed by atoms with Crippen LogP contribution < -0.4 is 5.32 Å². The van der Waals surface area contributed by atoms with E-state index in [1.54, 1.807) is 24.3 Å². The number of hydrogen-bond acceptors (Lipinski definition) is 3. The van der Waals surface area contributed by atoms with Gasteiger partial charge in [0.05, 0.1) is 11.1 Å². The fraction of sp³-hybridized carbons (Fsp3) is 0.0588. The third-order valence-electron chi connectivity index (χ3n) is 3.94. The molecule has 1 aromatic heterocycles. The summed E-state index contributed by atoms with van der Waals surface area (Å²) in [6, 6.07) is 10.6. The molecule has 1 amide bonds. The van der Waals surface area contributed by atoms with Crippen molar-refractivity contribution in [2.24, 2.45) is 0 Å². The lowest BCUT2D eigenvalue weighted by molar-refractivity contribution is 0.0696. The van der Waals surface area contributed by atoms with Gasteiger partial charge in [-0.25, -0.2) is 4.79 Å². The second kappa shape index (κ2) is 5.08. The molecule has 1 aliphatic rings. The molecule has 114 valence electrons. The molecular formula is C17H10ClNO3S. The molecule has 1 aliphatic heterocycles. The minimum absolute atomic E-state index is 0.124. The number of benzene rings is 2. The molecular weight excluding hydrogens is 334 g/mol. The highest BCUT2D eigenvalue weighted by atomic mass is 35.5. The Labute approximate surface area is 140 Å². The highest BCUT2D eigenvalue weighted by molar-refractivity contribution is 7.22. The van der Waals surface area contributed by atoms with E-state index >= 15 is 0 Å². The standard InChI is InChI=1S/C17H10ClNO3S/c18-12-3-2-10(15-11(12)7-19-16(15)20)14-6-9-5-8(17(21)22)1-4-13(9)23-14/h1-6H,7H2,(H,19,20)(H,21,22). The quantitative estimate of drug-likeness (QED) is 0.734. The second-order valence-corrected chi connectivity index (χ2v) is 6.79. The van der Waals surface area contributed by atoms with Crippen LogP contribution in [0.4, 0.5) is 0 Å². The van der Waals surface area contributed by atoms with Gasteiger partial charge in [0, 0.05) is 32.3 Å². The smallest absolute Gasteiger partial charge is 0.335 e. The summed E-state index contributed by atoms with van der Waals surface area (Å²) in [4.78, 5) is 24.1. The van der Waals surface area contributed by atoms with Crippen molar-refractivity contribution in [2.75, 3.05) is 0 Å². The molecule has 2 heterocycles. The zero-order valence-electron chi connectivity index (χ0n) is 11.7. The Kier molecular flexibility index (Phi) is 3.14. The lowest BCUT2D eigenvalue weighted by atomic mass is 10.0. The highest BCUT2D eigenvalue weighted by Crippen LogP contribution is 2.39. The Hall–Kier alpha value is -2.37. The van der Waals surface area contributed by atoms with Gasteiger partial charge in [-0.15, -0.1) is 11.3 Å². The monoisotopic (exact) mass is 343 g/mol. The van der Waals surface area contributed by atoms with E-state index < -0.39 is 5.97 Å². The molecule has 0 bridgehead atoms. The zero-order chi connectivity index (χ0) is 16.1. The Morgan fingerprint density at radius 2 is 2.04 bits per heavy atom. The Morgan fingerprint density at radius 3 is 2.83 bits per heavy atom. The first-order valence-electron chi connectivity index (χ1n) is 6.91. The van der Waals surface area contributed by atoms with E-state index in [2.05, 4.69) is 5.32 Å². The van der Waals surface area contributed by atoms with Crippen molar-refractivity contribution in [1.29, 1.82) is 0 Å². The number of thiophene rings is 1. The van der Waals surface area contributed by atoms with Gasteiger partial charge < -0.3 is 10.4 Å². The number of rotatable bonds is 2. The van der Waals surface area contributed by atoms with Crippen LogP contribution in [0.25, 0.3) is 20.5 Å². The molecule has 0 saturated carbocycles. The van der Waals surface area contributed by atoms with Gasteiger partial charge in [-0.05, 0) is 35.7 Å². The Morgan fingerprint density at radius 1 is 1.22 bits per heavy atom. The van der Waals surface area contributed by atoms with Crippen LogP contribution in [0, 0.1) is 0 Å². The van der Waals surface area contributed by atoms with E-state index in [0.29, 0.717) is 17.1 Å². The predicted molar refractivity (Wildman–Crippen MR) is 90.4 cm³/mol. The normalized spacial score (nSPS) is 13.2. The first-order valence-corrected chi connectivity index (χ1v) is 8.11. The molecule has 0 saturated heterocycles. The molecule has 0 atom stereocenters. The maximum atomic E-state index is 12.1. The molecule has 0 aliphatic carbocycles. The number of carboxylic acid groups (broad SMARTS) is 1. The number of fused-ring (bicyclic) bond motifs is 2. The van der Waals surface area contributed by atoms with Crippen molar-refractivity contribution in [3.63, 3.8) is 0 Å². The van der Waals surface area contributed by atoms with Crippen LogP contribution in [0.15, 0.2) is 36.4 Å². The molecule has 0 unspecified atom stereocenters. The number of hydrogen-bond donors (Lipinski definition) is 2. The molecule has 0 spiro atoms. The van der Waals surface area contributed by atoms with E-state index in [0.717, 1.165) is 26.1 Å². The van der Waals surface area contributed by atoms with E-state index in [1.165, 1.54) is 11.3 Å². The third kappa shape index (κ3) is 2.20. The second-order valence-electron chi connectivity index (χ2n) is 5.30. The van der Waals surface area contributed by atoms with Crippen molar-refractivity contribution in [3.05, 3.63) is 58.1 Å². The SMILES string of the molecule is O=C(O)c1ccc2sc(-c3ccc(Cl)c4c3C(=O)NC4)cc2c1. The molecule has 2 aromatic carbocycles. The average Bonchev–Trinajstić information content (AvgIpc) is 3.11. The molecule has 3 aromatic rings. The van der Waals surface area contributed by atoms with Crippen molar-refractivity contribution < 1.29 is 14.7 Å². The van der Waals surface area contributed by atoms with E-state index in [-0.39, 0.29) is 11.5 Å². The topological polar surface area (TPSA) is 66.4 Å². The molecule has 4 rings (SSSR count). The van der Waals surface area contributed by atoms with E-state index in [9.17, 15) is 9.59 Å². The minimum atomic E-state index is -0.952. The van der Waals surface area contributed by atoms with Crippen LogP contribution >= 0.6 is 22.9 Å². The van der Waals surface area contributed by atoms with Gasteiger partial charge in [-0.2, -0.15) is 0 Å². The van der Waals surface area contributed by atoms with Crippen molar-refractivity contribution in [2.45, 2.75) is 6.54 Å². The maximum absolute atomic E-state index is 12.1. The highest BCUT2D eigenvalue weighted by Gasteiger charge is 2.26. The van der Waals surface area contributed by atoms with Crippen LogP contribution in [0.1, 0.15) is 26.3 Å². The maximum Gasteiger partial charge on any atom is 0.335 e. The van der Waals surface area contributed by atoms with Gasteiger partial charge >= 0.3 is 5.97 Å². The molecule has 23 heavy (non-hydrogen) atoms. The number of amides is 1. The van der Waals surface area contributed by atoms with Crippen LogP contribution in [-0.4, -0.2) is 17.0 Å². The number of halogens is 1. The van der Waals surface area contributed by atoms with Gasteiger partial charge in [-0.3, -0.25) is 4.79 Å². The summed E-state index contributed by atoms with van der Waals surface area (Å²) in [7, 11) is 0. The number of carboxylic acids is 1. The van der Waals surface area contributed by atoms with Gasteiger partial charge in [0.2, 0.25) is 0 Å². The van der Waals surface area contributed by atoms with Crippen molar-refractivity contribution in [3.8, 4) is 10.4 Å². The first kappa shape index (κ1) is 14.2. The fourth-order valence-electron chi connectivity index (χ4n) is 2.83. The molecule has 6 heteroatoms. The summed E-state index contributed by atoms with van der Waals surface area (Å²) >= 11 is 7.70. The third-order valence-corrected chi connectivity index (χ3v) is 5.44. The van der Waals surface area contributed by atoms with Crippen molar-refractivity contribution in [1.82, 2.24) is 5.32 Å². The molecule has 2 N–H and O–H groups in total. The van der Waals surface area contributed by atoms with E-state index in [1.807, 2.05) is 12.1 Å². The summed E-state index contributed by atoms with van der Waals surface area (Å²) < 4.78 is 0.979. The first-order chi connectivity index (χ1) is 11.0. The van der Waals surface area contributed by atoms with Gasteiger partial charge in [0.1, 0.15) is 0 Å². The van der Waals surface area contributed by atoms with Gasteiger partial charge in [0.25, 0.3) is 5.91 Å². The van der Waals surface area contributed by atoms with Crippen molar-refractivity contribution >= 4 is 44.9 Å². The fourth-order valence-corrected chi connectivity index (χ4v) is 4.13. The van der Waals surface area contributed by atoms with Crippen LogP contribution in [0.3, 0.4) is 0 Å². The zero-order valence-corrected chi connectivity index (χ0v) is 13.3. The summed E-state index contributed by atoms with van der Waals surface area (Å²) in [6.45, 7) is 0.439. The summed E-state index contributed by atoms with van der Waals surface area (Å²) in [5.41, 5.74) is 2.51. The molecule has 4 nitrogen and oxygen atoms in total. The van der Waals surface area contributed by atoms with E-state index in [4.69, 9.17) is 16.7 Å². The Bertz CT molecular complexity index is 993. The summed E-state index contributed by atoms with van der Waals surface area (Å²) in [6.07, 6.45) is 0. The largest absolute Gasteiger partial charge is 0.478 e. The predicted octanol–water partition coefficient (Wildman–Crippen LogP) is 4.16. The summed E-state index contributed by atoms with van der Waals surface area (Å²) in [5.74, 6) is -1.08. The van der Waals surface area contributed by atoms with Crippen LogP contribution in [0.2, 0.25) is 5.02 Å².